The molecule has 0 bridgehead atoms. The van der Waals surface area contributed by atoms with Gasteiger partial charge in [-0.1, -0.05) is 18.2 Å². The highest BCUT2D eigenvalue weighted by molar-refractivity contribution is 6.01. The second kappa shape index (κ2) is 5.43. The van der Waals surface area contributed by atoms with Gasteiger partial charge in [0.2, 0.25) is 5.91 Å². The van der Waals surface area contributed by atoms with Crippen LogP contribution in [0.5, 0.6) is 0 Å². The third-order valence-electron chi connectivity index (χ3n) is 5.28. The number of hydrogen-bond acceptors (Lipinski definition) is 3. The first-order valence-corrected chi connectivity index (χ1v) is 8.17. The van der Waals surface area contributed by atoms with Gasteiger partial charge in [0.15, 0.2) is 0 Å². The fraction of sp³-hybridized carbons (Fsp3) is 0.588. The van der Waals surface area contributed by atoms with Crippen molar-refractivity contribution in [1.82, 2.24) is 10.2 Å². The van der Waals surface area contributed by atoms with Gasteiger partial charge in [-0.15, -0.1) is 0 Å². The molecule has 1 aromatic carbocycles. The van der Waals surface area contributed by atoms with E-state index in [1.165, 1.54) is 12.0 Å². The lowest BCUT2D eigenvalue weighted by molar-refractivity contribution is -0.118. The molecule has 1 aromatic rings. The first kappa shape index (κ1) is 13.3. The summed E-state index contributed by atoms with van der Waals surface area (Å²) in [4.78, 5) is 17.1. The summed E-state index contributed by atoms with van der Waals surface area (Å²) in [7, 11) is 0. The molecule has 2 fully saturated rings. The van der Waals surface area contributed by atoms with E-state index in [2.05, 4.69) is 27.2 Å². The van der Waals surface area contributed by atoms with Gasteiger partial charge in [0.05, 0.1) is 6.42 Å². The Morgan fingerprint density at radius 3 is 2.62 bits per heavy atom. The van der Waals surface area contributed by atoms with Crippen LogP contribution in [0.4, 0.5) is 5.69 Å². The van der Waals surface area contributed by atoms with E-state index in [1.54, 1.807) is 0 Å². The molecule has 21 heavy (non-hydrogen) atoms. The smallest absolute Gasteiger partial charge is 0.231 e. The largest absolute Gasteiger partial charge is 0.315 e. The summed E-state index contributed by atoms with van der Waals surface area (Å²) in [6, 6.07) is 9.38. The van der Waals surface area contributed by atoms with Crippen molar-refractivity contribution in [3.63, 3.8) is 0 Å². The molecule has 1 atom stereocenters. The molecule has 0 aliphatic carbocycles. The predicted octanol–water partition coefficient (Wildman–Crippen LogP) is 1.40. The monoisotopic (exact) mass is 285 g/mol. The molecule has 1 N–H and O–H groups in total. The molecule has 0 spiro atoms. The van der Waals surface area contributed by atoms with Gasteiger partial charge in [-0.3, -0.25) is 9.69 Å². The average molecular weight is 285 g/mol. The zero-order valence-corrected chi connectivity index (χ0v) is 12.4. The summed E-state index contributed by atoms with van der Waals surface area (Å²) in [6.45, 7) is 4.55. The highest BCUT2D eigenvalue weighted by Crippen LogP contribution is 2.33. The van der Waals surface area contributed by atoms with E-state index in [0.29, 0.717) is 18.5 Å². The molecule has 0 aromatic heterocycles. The number of fused-ring (bicyclic) bond motifs is 1. The quantitative estimate of drug-likeness (QED) is 0.892. The maximum atomic E-state index is 12.4. The summed E-state index contributed by atoms with van der Waals surface area (Å²) in [5.41, 5.74) is 2.36. The molecule has 1 amide bonds. The highest BCUT2D eigenvalue weighted by atomic mass is 16.2. The molecule has 3 aliphatic heterocycles. The average Bonchev–Trinajstić information content (AvgIpc) is 3.14. The van der Waals surface area contributed by atoms with E-state index in [9.17, 15) is 4.79 Å². The minimum atomic E-state index is 0.289. The van der Waals surface area contributed by atoms with Crippen molar-refractivity contribution in [3.8, 4) is 0 Å². The lowest BCUT2D eigenvalue weighted by Crippen LogP contribution is -2.49. The molecule has 2 saturated heterocycles. The third-order valence-corrected chi connectivity index (χ3v) is 5.28. The van der Waals surface area contributed by atoms with Crippen LogP contribution in [0.3, 0.4) is 0 Å². The number of amides is 1. The summed E-state index contributed by atoms with van der Waals surface area (Å²) < 4.78 is 0. The van der Waals surface area contributed by atoms with Gasteiger partial charge in [-0.25, -0.2) is 0 Å². The number of piperidine rings is 1. The van der Waals surface area contributed by atoms with Crippen LogP contribution in [-0.2, 0) is 11.2 Å². The second-order valence-electron chi connectivity index (χ2n) is 6.48. The number of nitrogens with one attached hydrogen (secondary N) is 1. The van der Waals surface area contributed by atoms with Gasteiger partial charge >= 0.3 is 0 Å². The van der Waals surface area contributed by atoms with E-state index in [1.807, 2.05) is 12.1 Å². The molecule has 0 radical (unpaired) electrons. The van der Waals surface area contributed by atoms with Crippen LogP contribution < -0.4 is 10.2 Å². The normalized spacial score (nSPS) is 27.3. The highest BCUT2D eigenvalue weighted by Gasteiger charge is 2.35. The summed E-state index contributed by atoms with van der Waals surface area (Å²) in [5, 5.41) is 3.45. The summed E-state index contributed by atoms with van der Waals surface area (Å²) in [6.07, 6.45) is 4.08. The van der Waals surface area contributed by atoms with Crippen LogP contribution in [0.25, 0.3) is 0 Å². The maximum Gasteiger partial charge on any atom is 0.231 e. The zero-order chi connectivity index (χ0) is 14.2. The molecule has 112 valence electrons. The van der Waals surface area contributed by atoms with Crippen LogP contribution in [0.15, 0.2) is 24.3 Å². The van der Waals surface area contributed by atoms with Crippen LogP contribution >= 0.6 is 0 Å². The number of carbonyl (C=O) groups is 1. The van der Waals surface area contributed by atoms with Gasteiger partial charge < -0.3 is 10.2 Å². The van der Waals surface area contributed by atoms with Gasteiger partial charge in [0.25, 0.3) is 0 Å². The Kier molecular flexibility index (Phi) is 3.43. The Balaban J connectivity index is 1.45. The Morgan fingerprint density at radius 2 is 1.86 bits per heavy atom. The first-order chi connectivity index (χ1) is 10.3. The lowest BCUT2D eigenvalue weighted by atomic mass is 10.0. The van der Waals surface area contributed by atoms with E-state index in [-0.39, 0.29) is 5.91 Å². The fourth-order valence-electron chi connectivity index (χ4n) is 4.14. The van der Waals surface area contributed by atoms with Crippen molar-refractivity contribution in [2.75, 3.05) is 31.1 Å². The number of benzene rings is 1. The maximum absolute atomic E-state index is 12.4. The number of likely N-dealkylation sites (tertiary alicyclic amines) is 1. The molecule has 4 rings (SSSR count). The molecular weight excluding hydrogens is 262 g/mol. The van der Waals surface area contributed by atoms with Crippen molar-refractivity contribution in [2.24, 2.45) is 0 Å². The second-order valence-corrected chi connectivity index (χ2v) is 6.48. The predicted molar refractivity (Wildman–Crippen MR) is 83.5 cm³/mol. The number of anilines is 1. The molecule has 3 aliphatic rings. The number of nitrogens with zero attached hydrogens (tertiary/aromatic N) is 2. The molecule has 0 unspecified atom stereocenters. The van der Waals surface area contributed by atoms with Gasteiger partial charge in [-0.2, -0.15) is 0 Å². The molecule has 4 heteroatoms. The van der Waals surface area contributed by atoms with Crippen molar-refractivity contribution >= 4 is 11.6 Å². The molecule has 4 nitrogen and oxygen atoms in total. The van der Waals surface area contributed by atoms with Crippen LogP contribution in [0, 0.1) is 0 Å². The standard InChI is InChI=1S/C17H23N3O/c21-17-11-13-3-1-2-4-16(13)20(17)14-6-9-19(10-7-14)15-5-8-18-12-15/h1-4,14-15,18H,5-12H2/t15-/m0/s1. The lowest BCUT2D eigenvalue weighted by Gasteiger charge is -2.39. The van der Waals surface area contributed by atoms with E-state index >= 15 is 0 Å². The third kappa shape index (κ3) is 2.36. The minimum absolute atomic E-state index is 0.289. The molecule has 3 heterocycles. The Hall–Kier alpha value is -1.39. The summed E-state index contributed by atoms with van der Waals surface area (Å²) >= 11 is 0. The van der Waals surface area contributed by atoms with Crippen LogP contribution in [-0.4, -0.2) is 49.1 Å². The number of carbonyl (C=O) groups excluding carboxylic acids is 1. The van der Waals surface area contributed by atoms with Crippen LogP contribution in [0.2, 0.25) is 0 Å². The summed E-state index contributed by atoms with van der Waals surface area (Å²) in [5.74, 6) is 0.289. The van der Waals surface area contributed by atoms with Crippen molar-refractivity contribution in [3.05, 3.63) is 29.8 Å². The Bertz CT molecular complexity index is 531. The van der Waals surface area contributed by atoms with Crippen molar-refractivity contribution in [2.45, 2.75) is 37.8 Å². The van der Waals surface area contributed by atoms with Crippen molar-refractivity contribution < 1.29 is 4.79 Å². The van der Waals surface area contributed by atoms with Crippen LogP contribution in [0.1, 0.15) is 24.8 Å². The SMILES string of the molecule is O=C1Cc2ccccc2N1C1CCN([C@H]2CCNC2)CC1. The first-order valence-electron chi connectivity index (χ1n) is 8.17. The van der Waals surface area contributed by atoms with Crippen molar-refractivity contribution in [1.29, 1.82) is 0 Å². The van der Waals surface area contributed by atoms with E-state index < -0.39 is 0 Å². The number of hydrogen-bond donors (Lipinski definition) is 1. The van der Waals surface area contributed by atoms with Gasteiger partial charge in [-0.05, 0) is 37.4 Å². The van der Waals surface area contributed by atoms with Gasteiger partial charge in [0, 0.05) is 37.4 Å². The van der Waals surface area contributed by atoms with E-state index in [4.69, 9.17) is 0 Å². The Labute approximate surface area is 126 Å². The zero-order valence-electron chi connectivity index (χ0n) is 12.4. The van der Waals surface area contributed by atoms with E-state index in [0.717, 1.165) is 44.7 Å². The molecule has 0 saturated carbocycles. The van der Waals surface area contributed by atoms with Gasteiger partial charge in [0.1, 0.15) is 0 Å². The topological polar surface area (TPSA) is 35.6 Å². The number of rotatable bonds is 2. The fourth-order valence-corrected chi connectivity index (χ4v) is 4.14. The number of para-hydroxylation sites is 1. The Morgan fingerprint density at radius 1 is 1.05 bits per heavy atom. The minimum Gasteiger partial charge on any atom is -0.315 e. The molecular formula is C17H23N3O.